The molecule has 1 atom stereocenters. The van der Waals surface area contributed by atoms with Gasteiger partial charge in [-0.25, -0.2) is 4.68 Å². The number of likely N-dealkylation sites (tertiary alicyclic amines) is 1. The Morgan fingerprint density at radius 3 is 2.61 bits per heavy atom. The van der Waals surface area contributed by atoms with Crippen molar-refractivity contribution in [3.8, 4) is 11.1 Å². The van der Waals surface area contributed by atoms with E-state index in [9.17, 15) is 35.9 Å². The largest absolute Gasteiger partial charge is 0.417 e. The lowest BCUT2D eigenvalue weighted by atomic mass is 10.0. The van der Waals surface area contributed by atoms with Gasteiger partial charge in [0, 0.05) is 17.5 Å². The van der Waals surface area contributed by atoms with Gasteiger partial charge in [0.1, 0.15) is 12.6 Å². The molecule has 1 aromatic carbocycles. The van der Waals surface area contributed by atoms with Crippen molar-refractivity contribution < 1.29 is 31.1 Å². The summed E-state index contributed by atoms with van der Waals surface area (Å²) in [6.07, 6.45) is -9.39. The number of alkyl halides is 6. The number of fused-ring (bicyclic) bond motifs is 1. The second-order valence-corrected chi connectivity index (χ2v) is 8.63. The van der Waals surface area contributed by atoms with Crippen molar-refractivity contribution in [3.63, 3.8) is 0 Å². The summed E-state index contributed by atoms with van der Waals surface area (Å²) in [4.78, 5) is 26.3. The molecule has 1 fully saturated rings. The maximum atomic E-state index is 13.2. The Kier molecular flexibility index (Phi) is 5.89. The molecule has 1 unspecified atom stereocenters. The number of hydrogen-bond acceptors (Lipinski definition) is 5. The summed E-state index contributed by atoms with van der Waals surface area (Å²) in [5, 5.41) is 8.24. The fourth-order valence-corrected chi connectivity index (χ4v) is 4.85. The molecule has 0 radical (unpaired) electrons. The Bertz CT molecular complexity index is 1290. The summed E-state index contributed by atoms with van der Waals surface area (Å²) < 4.78 is 79.8. The number of carbonyl (C=O) groups is 1. The van der Waals surface area contributed by atoms with Crippen LogP contribution in [0.1, 0.15) is 18.4 Å². The van der Waals surface area contributed by atoms with Crippen molar-refractivity contribution in [2.45, 2.75) is 37.8 Å². The third-order valence-electron chi connectivity index (χ3n) is 5.28. The molecule has 6 nitrogen and oxygen atoms in total. The molecule has 176 valence electrons. The molecule has 3 aromatic rings. The average Bonchev–Trinajstić information content (AvgIpc) is 3.37. The third kappa shape index (κ3) is 4.43. The Morgan fingerprint density at radius 2 is 1.94 bits per heavy atom. The quantitative estimate of drug-likeness (QED) is 0.477. The van der Waals surface area contributed by atoms with Crippen LogP contribution in [-0.2, 0) is 17.5 Å². The van der Waals surface area contributed by atoms with Crippen molar-refractivity contribution in [2.24, 2.45) is 0 Å². The van der Waals surface area contributed by atoms with E-state index in [1.54, 1.807) is 0 Å². The first-order valence-corrected chi connectivity index (χ1v) is 10.7. The number of rotatable bonds is 3. The fraction of sp³-hybridized carbons (Fsp3) is 0.368. The first-order valence-electron chi connectivity index (χ1n) is 9.46. The predicted octanol–water partition coefficient (Wildman–Crippen LogP) is 4.75. The smallest absolute Gasteiger partial charge is 0.329 e. The van der Waals surface area contributed by atoms with Crippen LogP contribution in [0, 0.1) is 0 Å². The monoisotopic (exact) mass is 510 g/mol. The summed E-state index contributed by atoms with van der Waals surface area (Å²) in [5.41, 5.74) is -1.79. The second kappa shape index (κ2) is 8.28. The number of carbonyl (C=O) groups excluding carboxylic acids is 1. The summed E-state index contributed by atoms with van der Waals surface area (Å²) >= 11 is 6.60. The maximum absolute atomic E-state index is 13.2. The van der Waals surface area contributed by atoms with Gasteiger partial charge in [0.05, 0.1) is 16.0 Å². The van der Waals surface area contributed by atoms with Crippen molar-refractivity contribution in [3.05, 3.63) is 44.5 Å². The average molecular weight is 511 g/mol. The highest BCUT2D eigenvalue weighted by atomic mass is 35.5. The van der Waals surface area contributed by atoms with Crippen LogP contribution in [0.5, 0.6) is 0 Å². The molecule has 0 saturated carbocycles. The third-order valence-corrected chi connectivity index (χ3v) is 6.47. The molecule has 1 saturated heterocycles. The Hall–Kier alpha value is -2.67. The molecule has 0 spiro atoms. The zero-order valence-electron chi connectivity index (χ0n) is 16.4. The molecule has 1 amide bonds. The molecule has 4 rings (SSSR count). The van der Waals surface area contributed by atoms with Gasteiger partial charge in [-0.05, 0) is 30.5 Å². The van der Waals surface area contributed by atoms with Gasteiger partial charge in [-0.15, -0.1) is 16.4 Å². The van der Waals surface area contributed by atoms with Gasteiger partial charge < -0.3 is 4.90 Å². The molecule has 2 aromatic heterocycles. The first kappa shape index (κ1) is 23.5. The zero-order chi connectivity index (χ0) is 24.1. The SMILES string of the molecule is O=C(Cn1nnc2scc(-c3ccc(Cl)c(C(F)(F)F)c3)c2c1=O)N1CCCC1C(F)(F)F. The summed E-state index contributed by atoms with van der Waals surface area (Å²) in [6, 6.07) is 1.19. The van der Waals surface area contributed by atoms with E-state index in [1.165, 1.54) is 11.4 Å². The van der Waals surface area contributed by atoms with Crippen LogP contribution >= 0.6 is 22.9 Å². The summed E-state index contributed by atoms with van der Waals surface area (Å²) in [7, 11) is 0. The lowest BCUT2D eigenvalue weighted by molar-refractivity contribution is -0.183. The van der Waals surface area contributed by atoms with Gasteiger partial charge in [-0.3, -0.25) is 9.59 Å². The molecule has 0 aliphatic carbocycles. The minimum atomic E-state index is -4.73. The molecular weight excluding hydrogens is 498 g/mol. The zero-order valence-corrected chi connectivity index (χ0v) is 17.9. The molecule has 1 aliphatic heterocycles. The van der Waals surface area contributed by atoms with Crippen LogP contribution in [0.4, 0.5) is 26.3 Å². The van der Waals surface area contributed by atoms with Crippen LogP contribution in [0.25, 0.3) is 21.3 Å². The van der Waals surface area contributed by atoms with Crippen LogP contribution in [-0.4, -0.2) is 44.6 Å². The van der Waals surface area contributed by atoms with Crippen molar-refractivity contribution in [1.82, 2.24) is 19.9 Å². The fourth-order valence-electron chi connectivity index (χ4n) is 3.74. The van der Waals surface area contributed by atoms with Gasteiger partial charge in [-0.1, -0.05) is 22.9 Å². The van der Waals surface area contributed by atoms with Gasteiger partial charge in [0.2, 0.25) is 5.91 Å². The number of hydrogen-bond donors (Lipinski definition) is 0. The highest BCUT2D eigenvalue weighted by molar-refractivity contribution is 7.17. The Morgan fingerprint density at radius 1 is 1.21 bits per heavy atom. The first-order chi connectivity index (χ1) is 15.4. The van der Waals surface area contributed by atoms with Crippen LogP contribution in [0.2, 0.25) is 5.02 Å². The number of aromatic nitrogens is 3. The number of nitrogens with zero attached hydrogens (tertiary/aromatic N) is 4. The van der Waals surface area contributed by atoms with E-state index in [2.05, 4.69) is 10.3 Å². The van der Waals surface area contributed by atoms with Crippen molar-refractivity contribution >= 4 is 39.1 Å². The number of amides is 1. The topological polar surface area (TPSA) is 68.1 Å². The van der Waals surface area contributed by atoms with Crippen LogP contribution in [0.3, 0.4) is 0 Å². The maximum Gasteiger partial charge on any atom is 0.417 e. The molecule has 1 aliphatic rings. The highest BCUT2D eigenvalue weighted by Gasteiger charge is 2.47. The van der Waals surface area contributed by atoms with Crippen LogP contribution < -0.4 is 5.56 Å². The summed E-state index contributed by atoms with van der Waals surface area (Å²) in [6.45, 7) is -0.889. The van der Waals surface area contributed by atoms with Gasteiger partial charge in [-0.2, -0.15) is 26.3 Å². The Balaban J connectivity index is 1.72. The lowest BCUT2D eigenvalue weighted by Crippen LogP contribution is -2.46. The normalized spacial score (nSPS) is 17.2. The molecule has 33 heavy (non-hydrogen) atoms. The van der Waals surface area contributed by atoms with E-state index in [-0.39, 0.29) is 40.7 Å². The predicted molar refractivity (Wildman–Crippen MR) is 108 cm³/mol. The molecule has 14 heteroatoms. The second-order valence-electron chi connectivity index (χ2n) is 7.36. The molecule has 3 heterocycles. The Labute approximate surface area is 190 Å². The molecule has 0 bridgehead atoms. The minimum absolute atomic E-state index is 0.0395. The standard InChI is InChI=1S/C19H13ClF6N4O2S/c20-12-4-3-9(6-11(12)18(21,22)23)10-8-33-16-15(10)17(32)30(28-27-16)7-14(31)29-5-1-2-13(29)19(24,25)26/h3-4,6,8,13H,1-2,5,7H2. The van der Waals surface area contributed by atoms with Gasteiger partial charge >= 0.3 is 12.4 Å². The van der Waals surface area contributed by atoms with E-state index in [1.807, 2.05) is 0 Å². The van der Waals surface area contributed by atoms with Crippen molar-refractivity contribution in [1.29, 1.82) is 0 Å². The van der Waals surface area contributed by atoms with E-state index in [0.29, 0.717) is 9.58 Å². The summed E-state index contributed by atoms with van der Waals surface area (Å²) in [5.74, 6) is -0.951. The number of thiophene rings is 1. The number of benzene rings is 1. The van der Waals surface area contributed by atoms with Crippen LogP contribution in [0.15, 0.2) is 28.4 Å². The van der Waals surface area contributed by atoms with E-state index >= 15 is 0 Å². The lowest BCUT2D eigenvalue weighted by Gasteiger charge is -2.26. The highest BCUT2D eigenvalue weighted by Crippen LogP contribution is 2.39. The van der Waals surface area contributed by atoms with Gasteiger partial charge in [0.15, 0.2) is 4.83 Å². The van der Waals surface area contributed by atoms with E-state index < -0.39 is 47.0 Å². The van der Waals surface area contributed by atoms with E-state index in [0.717, 1.165) is 23.5 Å². The number of halogens is 7. The molecule has 0 N–H and O–H groups in total. The van der Waals surface area contributed by atoms with Crippen molar-refractivity contribution in [2.75, 3.05) is 6.54 Å². The molecular formula is C19H13ClF6N4O2S. The van der Waals surface area contributed by atoms with E-state index in [4.69, 9.17) is 11.6 Å². The van der Waals surface area contributed by atoms with Gasteiger partial charge in [0.25, 0.3) is 5.56 Å². The minimum Gasteiger partial charge on any atom is -0.329 e.